The summed E-state index contributed by atoms with van der Waals surface area (Å²) in [4.78, 5) is 17.0. The Balaban J connectivity index is 1.89. The Morgan fingerprint density at radius 2 is 2.41 bits per heavy atom. The molecule has 0 saturated carbocycles. The molecule has 4 heteroatoms. The van der Waals surface area contributed by atoms with Gasteiger partial charge in [0.05, 0.1) is 6.54 Å². The molecular formula is C13H19N3O. The topological polar surface area (TPSA) is 45.6 Å². The van der Waals surface area contributed by atoms with Gasteiger partial charge in [-0.25, -0.2) is 0 Å². The number of aromatic nitrogens is 1. The van der Waals surface area contributed by atoms with Crippen LogP contribution in [0.2, 0.25) is 0 Å². The van der Waals surface area contributed by atoms with Crippen molar-refractivity contribution in [2.75, 3.05) is 19.6 Å². The van der Waals surface area contributed by atoms with E-state index in [2.05, 4.69) is 21.1 Å². The van der Waals surface area contributed by atoms with Gasteiger partial charge in [-0.2, -0.15) is 4.91 Å². The molecule has 1 aliphatic rings. The van der Waals surface area contributed by atoms with E-state index >= 15 is 0 Å². The van der Waals surface area contributed by atoms with E-state index in [0.717, 1.165) is 31.7 Å². The van der Waals surface area contributed by atoms with Crippen molar-refractivity contribution in [1.82, 2.24) is 9.88 Å². The lowest BCUT2D eigenvalue weighted by Gasteiger charge is -2.31. The lowest BCUT2D eigenvalue weighted by Crippen LogP contribution is -2.36. The molecule has 92 valence electrons. The van der Waals surface area contributed by atoms with E-state index in [0.29, 0.717) is 12.5 Å². The lowest BCUT2D eigenvalue weighted by molar-refractivity contribution is 0.171. The molecule has 4 nitrogen and oxygen atoms in total. The minimum Gasteiger partial charge on any atom is -0.299 e. The monoisotopic (exact) mass is 233 g/mol. The maximum Gasteiger partial charge on any atom is 0.0851 e. The van der Waals surface area contributed by atoms with E-state index in [1.165, 1.54) is 12.0 Å². The zero-order valence-electron chi connectivity index (χ0n) is 10.3. The van der Waals surface area contributed by atoms with E-state index in [-0.39, 0.29) is 0 Å². The third-order valence-electron chi connectivity index (χ3n) is 3.31. The zero-order chi connectivity index (χ0) is 12.1. The predicted octanol–water partition coefficient (Wildman–Crippen LogP) is 2.37. The number of nitrogens with zero attached hydrogens (tertiary/aromatic N) is 3. The fraction of sp³-hybridized carbons (Fsp3) is 0.615. The Bertz CT molecular complexity index is 363. The SMILES string of the molecule is Cc1ccc(CN2CCCC(CN=O)C2)cn1. The highest BCUT2D eigenvalue weighted by molar-refractivity contribution is 5.13. The predicted molar refractivity (Wildman–Crippen MR) is 67.6 cm³/mol. The first-order valence-electron chi connectivity index (χ1n) is 6.21. The lowest BCUT2D eigenvalue weighted by atomic mass is 9.98. The van der Waals surface area contributed by atoms with Gasteiger partial charge in [0.1, 0.15) is 0 Å². The van der Waals surface area contributed by atoms with Crippen LogP contribution in [0.15, 0.2) is 23.5 Å². The number of likely N-dealkylation sites (tertiary alicyclic amines) is 1. The number of rotatable bonds is 4. The molecule has 1 unspecified atom stereocenters. The Morgan fingerprint density at radius 3 is 3.12 bits per heavy atom. The molecule has 0 aliphatic carbocycles. The first-order valence-corrected chi connectivity index (χ1v) is 6.21. The molecule has 1 fully saturated rings. The van der Waals surface area contributed by atoms with E-state index in [9.17, 15) is 4.91 Å². The summed E-state index contributed by atoms with van der Waals surface area (Å²) in [5, 5.41) is 3.02. The number of piperidine rings is 1. The Labute approximate surface area is 102 Å². The zero-order valence-corrected chi connectivity index (χ0v) is 10.3. The van der Waals surface area contributed by atoms with Gasteiger partial charge in [0.2, 0.25) is 0 Å². The van der Waals surface area contributed by atoms with Crippen molar-refractivity contribution < 1.29 is 0 Å². The molecule has 0 spiro atoms. The van der Waals surface area contributed by atoms with Crippen LogP contribution < -0.4 is 0 Å². The van der Waals surface area contributed by atoms with Gasteiger partial charge in [0.25, 0.3) is 0 Å². The van der Waals surface area contributed by atoms with Gasteiger partial charge in [-0.3, -0.25) is 9.88 Å². The Kier molecular flexibility index (Phi) is 4.20. The van der Waals surface area contributed by atoms with Gasteiger partial charge >= 0.3 is 0 Å². The van der Waals surface area contributed by atoms with Gasteiger partial charge in [0.15, 0.2) is 0 Å². The van der Waals surface area contributed by atoms with E-state index in [1.807, 2.05) is 19.2 Å². The van der Waals surface area contributed by atoms with Crippen LogP contribution in [0.3, 0.4) is 0 Å². The van der Waals surface area contributed by atoms with Crippen LogP contribution in [0, 0.1) is 17.7 Å². The summed E-state index contributed by atoms with van der Waals surface area (Å²) in [6, 6.07) is 4.17. The van der Waals surface area contributed by atoms with Crippen molar-refractivity contribution in [2.45, 2.75) is 26.3 Å². The minimum absolute atomic E-state index is 0.444. The van der Waals surface area contributed by atoms with Crippen LogP contribution in [-0.2, 0) is 6.54 Å². The summed E-state index contributed by atoms with van der Waals surface area (Å²) >= 11 is 0. The molecule has 1 saturated heterocycles. The molecule has 0 N–H and O–H groups in total. The van der Waals surface area contributed by atoms with Gasteiger partial charge in [-0.1, -0.05) is 11.2 Å². The smallest absolute Gasteiger partial charge is 0.0851 e. The molecule has 1 aliphatic heterocycles. The number of pyridine rings is 1. The summed E-state index contributed by atoms with van der Waals surface area (Å²) in [5.74, 6) is 0.444. The van der Waals surface area contributed by atoms with Crippen molar-refractivity contribution >= 4 is 0 Å². The number of hydrogen-bond acceptors (Lipinski definition) is 4. The largest absolute Gasteiger partial charge is 0.299 e. The van der Waals surface area contributed by atoms with E-state index in [1.54, 1.807) is 0 Å². The highest BCUT2D eigenvalue weighted by atomic mass is 16.3. The summed E-state index contributed by atoms with van der Waals surface area (Å²) in [5.41, 5.74) is 2.30. The number of hydrogen-bond donors (Lipinski definition) is 0. The number of aryl methyl sites for hydroxylation is 1. The summed E-state index contributed by atoms with van der Waals surface area (Å²) in [6.07, 6.45) is 4.24. The summed E-state index contributed by atoms with van der Waals surface area (Å²) in [6.45, 7) is 5.49. The third-order valence-corrected chi connectivity index (χ3v) is 3.31. The van der Waals surface area contributed by atoms with Gasteiger partial charge in [-0.05, 0) is 43.9 Å². The van der Waals surface area contributed by atoms with Crippen LogP contribution >= 0.6 is 0 Å². The molecule has 0 radical (unpaired) electrons. The van der Waals surface area contributed by atoms with Crippen LogP contribution in [-0.4, -0.2) is 29.5 Å². The second-order valence-corrected chi connectivity index (χ2v) is 4.86. The first-order chi connectivity index (χ1) is 8.28. The van der Waals surface area contributed by atoms with Crippen molar-refractivity contribution in [3.05, 3.63) is 34.5 Å². The van der Waals surface area contributed by atoms with Crippen molar-refractivity contribution in [3.8, 4) is 0 Å². The van der Waals surface area contributed by atoms with Crippen molar-refractivity contribution in [2.24, 2.45) is 11.1 Å². The Morgan fingerprint density at radius 1 is 1.53 bits per heavy atom. The molecule has 2 heterocycles. The van der Waals surface area contributed by atoms with Crippen LogP contribution in [0.5, 0.6) is 0 Å². The van der Waals surface area contributed by atoms with Gasteiger partial charge < -0.3 is 0 Å². The molecule has 0 aromatic carbocycles. The minimum atomic E-state index is 0.444. The first kappa shape index (κ1) is 12.2. The normalized spacial score (nSPS) is 21.4. The van der Waals surface area contributed by atoms with E-state index < -0.39 is 0 Å². The van der Waals surface area contributed by atoms with Gasteiger partial charge in [0, 0.05) is 25.0 Å². The summed E-state index contributed by atoms with van der Waals surface area (Å²) in [7, 11) is 0. The average molecular weight is 233 g/mol. The highest BCUT2D eigenvalue weighted by Crippen LogP contribution is 2.18. The average Bonchev–Trinajstić information content (AvgIpc) is 2.33. The molecule has 0 bridgehead atoms. The number of nitroso groups, excluding NO2 is 1. The maximum absolute atomic E-state index is 10.3. The quantitative estimate of drug-likeness (QED) is 0.750. The fourth-order valence-corrected chi connectivity index (χ4v) is 2.40. The molecule has 1 atom stereocenters. The molecule has 1 aromatic heterocycles. The van der Waals surface area contributed by atoms with Crippen molar-refractivity contribution in [3.63, 3.8) is 0 Å². The maximum atomic E-state index is 10.3. The van der Waals surface area contributed by atoms with Crippen LogP contribution in [0.4, 0.5) is 0 Å². The molecular weight excluding hydrogens is 214 g/mol. The standard InChI is InChI=1S/C13H19N3O/c1-11-4-5-13(7-14-11)10-16-6-2-3-12(9-16)8-15-17/h4-5,7,12H,2-3,6,8-10H2,1H3. The molecule has 1 aromatic rings. The third kappa shape index (κ3) is 3.60. The highest BCUT2D eigenvalue weighted by Gasteiger charge is 2.19. The second-order valence-electron chi connectivity index (χ2n) is 4.86. The molecule has 2 rings (SSSR count). The van der Waals surface area contributed by atoms with Gasteiger partial charge in [-0.15, -0.1) is 0 Å². The van der Waals surface area contributed by atoms with Crippen molar-refractivity contribution in [1.29, 1.82) is 0 Å². The second kappa shape index (κ2) is 5.87. The van der Waals surface area contributed by atoms with E-state index in [4.69, 9.17) is 0 Å². The van der Waals surface area contributed by atoms with Crippen LogP contribution in [0.25, 0.3) is 0 Å². The molecule has 17 heavy (non-hydrogen) atoms. The molecule has 0 amide bonds. The summed E-state index contributed by atoms with van der Waals surface area (Å²) < 4.78 is 0. The Hall–Kier alpha value is -1.29. The fourth-order valence-electron chi connectivity index (χ4n) is 2.40. The van der Waals surface area contributed by atoms with Crippen LogP contribution in [0.1, 0.15) is 24.1 Å².